The third-order valence-electron chi connectivity index (χ3n) is 5.91. The van der Waals surface area contributed by atoms with Crippen molar-refractivity contribution in [1.82, 2.24) is 24.6 Å². The third-order valence-corrected chi connectivity index (χ3v) is 7.27. The Morgan fingerprint density at radius 3 is 2.36 bits per heavy atom. The van der Waals surface area contributed by atoms with Gasteiger partial charge in [-0.15, -0.1) is 5.10 Å². The van der Waals surface area contributed by atoms with Crippen molar-refractivity contribution in [3.05, 3.63) is 89.3 Å². The van der Waals surface area contributed by atoms with Gasteiger partial charge in [-0.3, -0.25) is 4.72 Å². The highest BCUT2D eigenvalue weighted by Gasteiger charge is 2.26. The van der Waals surface area contributed by atoms with E-state index >= 15 is 0 Å². The number of carboxylic acid groups (broad SMARTS) is 1. The number of hydrogen-bond donors (Lipinski definition) is 2. The molecule has 3 aromatic carbocycles. The summed E-state index contributed by atoms with van der Waals surface area (Å²) in [5.41, 5.74) is -0.208. The standard InChI is InChI=1S/C16H12ClNO5.C12H8F3N5O3S/c1-9(15(19)20)21-11-3-5-12(6-4-11)22-16-18-13-7-2-10(17)8-14(13)23-16;1-23-12-16-5-8(15)10-17-11(18-20(10)12)24(21,22)19-9-6(13)3-2-4-7(9)14/h2-9H,1H3,(H,19,20);2-5,19H,1H3. The SMILES string of the molecule is CC(Oc1ccc(Oc2nc3ccc(Cl)cc3o2)cc1)C(=O)O.COc1ncc(F)c2nc(S(=O)(=O)Nc3c(F)cccc3F)nn12. The number of aliphatic carboxylic acids is 1. The maximum Gasteiger partial charge on any atom is 0.400 e. The van der Waals surface area contributed by atoms with Gasteiger partial charge in [0.25, 0.3) is 15.2 Å². The summed E-state index contributed by atoms with van der Waals surface area (Å²) >= 11 is 5.88. The predicted molar refractivity (Wildman–Crippen MR) is 158 cm³/mol. The van der Waals surface area contributed by atoms with Crippen molar-refractivity contribution in [3.8, 4) is 23.6 Å². The summed E-state index contributed by atoms with van der Waals surface area (Å²) in [5.74, 6) is -3.34. The molecule has 0 saturated carbocycles. The minimum absolute atomic E-state index is 0.0924. The number of carbonyl (C=O) groups is 1. The highest BCUT2D eigenvalue weighted by atomic mass is 35.5. The first kappa shape index (κ1) is 32.8. The topological polar surface area (TPSA) is 180 Å². The van der Waals surface area contributed by atoms with Gasteiger partial charge in [-0.05, 0) is 55.5 Å². The molecule has 244 valence electrons. The minimum Gasteiger partial charge on any atom is -0.479 e. The maximum absolute atomic E-state index is 13.7. The normalized spacial score (nSPS) is 11.9. The van der Waals surface area contributed by atoms with Crippen molar-refractivity contribution in [1.29, 1.82) is 0 Å². The molecule has 0 bridgehead atoms. The third kappa shape index (κ3) is 7.45. The number of para-hydroxylation sites is 1. The lowest BCUT2D eigenvalue weighted by atomic mass is 10.3. The van der Waals surface area contributed by atoms with E-state index in [0.717, 1.165) is 24.4 Å². The fraction of sp³-hybridized carbons (Fsp3) is 0.107. The average molecular weight is 693 g/mol. The van der Waals surface area contributed by atoms with Crippen molar-refractivity contribution >= 4 is 50.0 Å². The van der Waals surface area contributed by atoms with E-state index in [4.69, 9.17) is 35.3 Å². The Balaban J connectivity index is 0.000000185. The molecule has 0 aliphatic carbocycles. The number of aromatic nitrogens is 5. The van der Waals surface area contributed by atoms with Crippen LogP contribution in [0.4, 0.5) is 18.9 Å². The van der Waals surface area contributed by atoms with Crippen molar-refractivity contribution in [2.75, 3.05) is 11.8 Å². The smallest absolute Gasteiger partial charge is 0.400 e. The summed E-state index contributed by atoms with van der Waals surface area (Å²) in [6.07, 6.45) is -0.0677. The molecule has 6 aromatic rings. The number of hydrogen-bond acceptors (Lipinski definition) is 11. The van der Waals surface area contributed by atoms with Crippen LogP contribution in [-0.2, 0) is 14.8 Å². The first-order valence-corrected chi connectivity index (χ1v) is 14.9. The fourth-order valence-corrected chi connectivity index (χ4v) is 4.81. The predicted octanol–water partition coefficient (Wildman–Crippen LogP) is 5.48. The number of ether oxygens (including phenoxy) is 3. The molecule has 0 fully saturated rings. The molecule has 0 aliphatic heterocycles. The van der Waals surface area contributed by atoms with E-state index in [1.54, 1.807) is 47.2 Å². The lowest BCUT2D eigenvalue weighted by Crippen LogP contribution is -2.22. The molecule has 1 atom stereocenters. The minimum atomic E-state index is -4.58. The van der Waals surface area contributed by atoms with Gasteiger partial charge in [-0.1, -0.05) is 17.7 Å². The lowest BCUT2D eigenvalue weighted by Gasteiger charge is -2.10. The van der Waals surface area contributed by atoms with Crippen molar-refractivity contribution in [2.24, 2.45) is 0 Å². The zero-order valence-electron chi connectivity index (χ0n) is 23.9. The quantitative estimate of drug-likeness (QED) is 0.195. The van der Waals surface area contributed by atoms with Gasteiger partial charge in [-0.25, -0.2) is 22.9 Å². The van der Waals surface area contributed by atoms with Gasteiger partial charge in [0.1, 0.15) is 34.3 Å². The van der Waals surface area contributed by atoms with Gasteiger partial charge in [0, 0.05) is 11.1 Å². The van der Waals surface area contributed by atoms with Crippen molar-refractivity contribution in [3.63, 3.8) is 0 Å². The molecule has 0 radical (unpaired) electrons. The van der Waals surface area contributed by atoms with Gasteiger partial charge in [0.05, 0.1) is 13.3 Å². The Hall–Kier alpha value is -5.62. The van der Waals surface area contributed by atoms with Gasteiger partial charge in [0.2, 0.25) is 0 Å². The van der Waals surface area contributed by atoms with E-state index < -0.39 is 56.0 Å². The number of benzene rings is 3. The Labute approximate surface area is 267 Å². The number of oxazole rings is 1. The van der Waals surface area contributed by atoms with E-state index in [-0.39, 0.29) is 12.1 Å². The molecule has 1 unspecified atom stereocenters. The summed E-state index contributed by atoms with van der Waals surface area (Å²) in [7, 11) is -3.37. The Morgan fingerprint density at radius 2 is 1.70 bits per heavy atom. The molecule has 19 heteroatoms. The number of anilines is 1. The molecular weight excluding hydrogens is 673 g/mol. The van der Waals surface area contributed by atoms with E-state index in [1.807, 2.05) is 0 Å². The van der Waals surface area contributed by atoms with Crippen LogP contribution in [0.5, 0.6) is 23.6 Å². The number of halogens is 4. The molecule has 0 saturated heterocycles. The van der Waals surface area contributed by atoms with Crippen molar-refractivity contribution in [2.45, 2.75) is 18.2 Å². The van der Waals surface area contributed by atoms with E-state index in [2.05, 4.69) is 20.1 Å². The van der Waals surface area contributed by atoms with Gasteiger partial charge >= 0.3 is 18.1 Å². The second-order valence-electron chi connectivity index (χ2n) is 9.19. The van der Waals surface area contributed by atoms with Crippen LogP contribution in [0, 0.1) is 17.5 Å². The lowest BCUT2D eigenvalue weighted by molar-refractivity contribution is -0.144. The monoisotopic (exact) mass is 692 g/mol. The van der Waals surface area contributed by atoms with Crippen LogP contribution in [-0.4, -0.2) is 57.3 Å². The summed E-state index contributed by atoms with van der Waals surface area (Å²) in [5, 5.41) is 12.0. The first-order chi connectivity index (χ1) is 22.3. The second kappa shape index (κ2) is 13.4. The van der Waals surface area contributed by atoms with Crippen LogP contribution in [0.15, 0.2) is 76.4 Å². The molecule has 2 N–H and O–H groups in total. The van der Waals surface area contributed by atoms with Crippen LogP contribution >= 0.6 is 11.6 Å². The number of nitrogens with zero attached hydrogens (tertiary/aromatic N) is 5. The Bertz CT molecular complexity index is 2180. The second-order valence-corrected chi connectivity index (χ2v) is 11.2. The van der Waals surface area contributed by atoms with E-state index in [0.29, 0.717) is 32.1 Å². The number of sulfonamides is 1. The number of methoxy groups -OCH3 is 1. The number of nitrogens with one attached hydrogen (secondary N) is 1. The zero-order valence-corrected chi connectivity index (χ0v) is 25.5. The van der Waals surface area contributed by atoms with Crippen molar-refractivity contribution < 1.29 is 50.1 Å². The first-order valence-electron chi connectivity index (χ1n) is 13.0. The zero-order chi connectivity index (χ0) is 33.9. The highest BCUT2D eigenvalue weighted by Crippen LogP contribution is 2.28. The maximum atomic E-state index is 13.7. The fourth-order valence-electron chi connectivity index (χ4n) is 3.70. The highest BCUT2D eigenvalue weighted by molar-refractivity contribution is 7.92. The number of fused-ring (bicyclic) bond motifs is 2. The summed E-state index contributed by atoms with van der Waals surface area (Å²) in [6.45, 7) is 1.45. The van der Waals surface area contributed by atoms with Crippen LogP contribution < -0.4 is 18.9 Å². The summed E-state index contributed by atoms with van der Waals surface area (Å²) in [4.78, 5) is 22.0. The Kier molecular flexibility index (Phi) is 9.34. The molecule has 0 spiro atoms. The van der Waals surface area contributed by atoms with Crippen LogP contribution in [0.1, 0.15) is 6.92 Å². The summed E-state index contributed by atoms with van der Waals surface area (Å²) < 4.78 is 88.7. The molecule has 3 heterocycles. The largest absolute Gasteiger partial charge is 0.479 e. The molecule has 47 heavy (non-hydrogen) atoms. The van der Waals surface area contributed by atoms with Gasteiger partial charge in [0.15, 0.2) is 23.2 Å². The molecule has 0 aliphatic rings. The van der Waals surface area contributed by atoms with Crippen LogP contribution in [0.2, 0.25) is 5.02 Å². The number of carboxylic acids is 1. The Morgan fingerprint density at radius 1 is 1.02 bits per heavy atom. The van der Waals surface area contributed by atoms with Crippen LogP contribution in [0.25, 0.3) is 16.7 Å². The molecule has 6 rings (SSSR count). The van der Waals surface area contributed by atoms with E-state index in [1.165, 1.54) is 14.0 Å². The molecule has 0 amide bonds. The van der Waals surface area contributed by atoms with Gasteiger partial charge < -0.3 is 23.7 Å². The van der Waals surface area contributed by atoms with Gasteiger partial charge in [-0.2, -0.15) is 22.9 Å². The average Bonchev–Trinajstić information content (AvgIpc) is 3.66. The summed E-state index contributed by atoms with van der Waals surface area (Å²) in [6, 6.07) is 14.1. The van der Waals surface area contributed by atoms with E-state index in [9.17, 15) is 26.4 Å². The molecule has 14 nitrogen and oxygen atoms in total. The number of rotatable bonds is 9. The molecule has 3 aromatic heterocycles. The molecular formula is C28H20ClF3N6O8S. The van der Waals surface area contributed by atoms with Crippen LogP contribution in [0.3, 0.4) is 0 Å².